The summed E-state index contributed by atoms with van der Waals surface area (Å²) in [5, 5.41) is 14.4. The zero-order chi connectivity index (χ0) is 21.1. The van der Waals surface area contributed by atoms with Crippen LogP contribution in [0.1, 0.15) is 18.1 Å². The fourth-order valence-electron chi connectivity index (χ4n) is 2.36. The van der Waals surface area contributed by atoms with Gasteiger partial charge in [-0.25, -0.2) is 4.79 Å². The number of aliphatic hydroxyl groups excluding tert-OH is 1. The number of aliphatic hydroxyl groups is 1. The normalized spacial score (nSPS) is 12.3. The van der Waals surface area contributed by atoms with Gasteiger partial charge in [0, 0.05) is 0 Å². The fraction of sp³-hybridized carbons (Fsp3) is 0.286. The van der Waals surface area contributed by atoms with Crippen molar-refractivity contribution in [3.8, 4) is 0 Å². The number of hydrogen-bond acceptors (Lipinski definition) is 6. The number of amides is 2. The second-order valence-corrected chi connectivity index (χ2v) is 6.29. The molecule has 1 unspecified atom stereocenters. The van der Waals surface area contributed by atoms with Crippen LogP contribution in [0.25, 0.3) is 0 Å². The zero-order valence-corrected chi connectivity index (χ0v) is 16.0. The van der Waals surface area contributed by atoms with Gasteiger partial charge in [-0.3, -0.25) is 9.59 Å². The summed E-state index contributed by atoms with van der Waals surface area (Å²) in [6.07, 6.45) is -2.05. The van der Waals surface area contributed by atoms with Gasteiger partial charge in [0.2, 0.25) is 5.91 Å². The van der Waals surface area contributed by atoms with Crippen LogP contribution < -0.4 is 10.6 Å². The number of carbonyl (C=O) groups excluding carboxylic acids is 3. The van der Waals surface area contributed by atoms with Crippen molar-refractivity contribution in [1.29, 1.82) is 0 Å². The highest BCUT2D eigenvalue weighted by Crippen LogP contribution is 2.02. The van der Waals surface area contributed by atoms with Crippen LogP contribution in [-0.4, -0.2) is 41.8 Å². The molecule has 29 heavy (non-hydrogen) atoms. The van der Waals surface area contributed by atoms with Crippen LogP contribution in [0, 0.1) is 0 Å². The van der Waals surface area contributed by atoms with Crippen LogP contribution in [0.15, 0.2) is 60.7 Å². The minimum atomic E-state index is -1.28. The quantitative estimate of drug-likeness (QED) is 0.550. The van der Waals surface area contributed by atoms with Gasteiger partial charge in [0.1, 0.15) is 25.8 Å². The monoisotopic (exact) mass is 400 g/mol. The zero-order valence-electron chi connectivity index (χ0n) is 16.0. The van der Waals surface area contributed by atoms with Crippen molar-refractivity contribution in [2.75, 3.05) is 6.54 Å². The smallest absolute Gasteiger partial charge is 0.408 e. The molecule has 2 aromatic rings. The third-order valence-electron chi connectivity index (χ3n) is 3.90. The van der Waals surface area contributed by atoms with E-state index in [1.165, 1.54) is 6.92 Å². The Morgan fingerprint density at radius 1 is 0.897 bits per heavy atom. The average molecular weight is 400 g/mol. The Bertz CT molecular complexity index is 795. The molecule has 0 bridgehead atoms. The molecule has 3 N–H and O–H groups in total. The van der Waals surface area contributed by atoms with Crippen LogP contribution in [0.2, 0.25) is 0 Å². The number of nitrogens with one attached hydrogen (secondary N) is 2. The van der Waals surface area contributed by atoms with Crippen molar-refractivity contribution in [2.24, 2.45) is 0 Å². The first-order chi connectivity index (χ1) is 14.0. The van der Waals surface area contributed by atoms with Crippen LogP contribution in [0.3, 0.4) is 0 Å². The van der Waals surface area contributed by atoms with Gasteiger partial charge in [-0.15, -0.1) is 0 Å². The largest absolute Gasteiger partial charge is 0.460 e. The molecule has 2 aromatic carbocycles. The lowest BCUT2D eigenvalue weighted by Crippen LogP contribution is -2.53. The molecule has 0 spiro atoms. The molecule has 154 valence electrons. The number of rotatable bonds is 9. The predicted octanol–water partition coefficient (Wildman–Crippen LogP) is 1.52. The van der Waals surface area contributed by atoms with E-state index < -0.39 is 36.7 Å². The summed E-state index contributed by atoms with van der Waals surface area (Å²) in [6, 6.07) is 16.8. The fourth-order valence-corrected chi connectivity index (χ4v) is 2.36. The second kappa shape index (κ2) is 11.5. The lowest BCUT2D eigenvalue weighted by molar-refractivity contribution is -0.145. The lowest BCUT2D eigenvalue weighted by Gasteiger charge is -2.20. The molecule has 2 rings (SSSR count). The standard InChI is InChI=1S/C21H24N2O6/c1-15(24)19(23-21(27)29-14-17-10-6-3-7-11-17)20(26)22-12-18(25)28-13-16-8-4-2-5-9-16/h2-11,15,19,24H,12-14H2,1H3,(H,22,26)(H,23,27)/t15?,19-/m0/s1. The average Bonchev–Trinajstić information content (AvgIpc) is 2.74. The van der Waals surface area contributed by atoms with Crippen molar-refractivity contribution < 1.29 is 29.0 Å². The van der Waals surface area contributed by atoms with E-state index in [1.54, 1.807) is 36.4 Å². The minimum Gasteiger partial charge on any atom is -0.460 e. The highest BCUT2D eigenvalue weighted by molar-refractivity contribution is 5.88. The summed E-state index contributed by atoms with van der Waals surface area (Å²) in [7, 11) is 0. The summed E-state index contributed by atoms with van der Waals surface area (Å²) in [5.74, 6) is -1.37. The van der Waals surface area contributed by atoms with Crippen molar-refractivity contribution in [2.45, 2.75) is 32.3 Å². The molecular weight excluding hydrogens is 376 g/mol. The van der Waals surface area contributed by atoms with E-state index in [-0.39, 0.29) is 13.2 Å². The van der Waals surface area contributed by atoms with E-state index in [9.17, 15) is 19.5 Å². The first-order valence-corrected chi connectivity index (χ1v) is 9.08. The van der Waals surface area contributed by atoms with Crippen LogP contribution in [0.4, 0.5) is 4.79 Å². The van der Waals surface area contributed by atoms with E-state index in [2.05, 4.69) is 10.6 Å². The summed E-state index contributed by atoms with van der Waals surface area (Å²) in [4.78, 5) is 35.9. The Labute approximate surface area is 168 Å². The van der Waals surface area contributed by atoms with Gasteiger partial charge < -0.3 is 25.2 Å². The van der Waals surface area contributed by atoms with E-state index in [1.807, 2.05) is 24.3 Å². The molecule has 0 aromatic heterocycles. The predicted molar refractivity (Wildman–Crippen MR) is 104 cm³/mol. The molecule has 8 nitrogen and oxygen atoms in total. The van der Waals surface area contributed by atoms with Gasteiger partial charge >= 0.3 is 12.1 Å². The Hall–Kier alpha value is -3.39. The van der Waals surface area contributed by atoms with E-state index >= 15 is 0 Å². The summed E-state index contributed by atoms with van der Waals surface area (Å²) >= 11 is 0. The molecular formula is C21H24N2O6. The lowest BCUT2D eigenvalue weighted by atomic mass is 10.1. The highest BCUT2D eigenvalue weighted by atomic mass is 16.5. The van der Waals surface area contributed by atoms with E-state index in [0.717, 1.165) is 11.1 Å². The topological polar surface area (TPSA) is 114 Å². The number of benzene rings is 2. The van der Waals surface area contributed by atoms with Gasteiger partial charge in [0.15, 0.2) is 0 Å². The Balaban J connectivity index is 1.76. The molecule has 0 aliphatic rings. The molecule has 2 amide bonds. The van der Waals surface area contributed by atoms with Crippen molar-refractivity contribution in [1.82, 2.24) is 10.6 Å². The molecule has 0 radical (unpaired) electrons. The van der Waals surface area contributed by atoms with Gasteiger partial charge in [-0.05, 0) is 18.1 Å². The second-order valence-electron chi connectivity index (χ2n) is 6.29. The summed E-state index contributed by atoms with van der Waals surface area (Å²) < 4.78 is 10.1. The number of ether oxygens (including phenoxy) is 2. The van der Waals surface area contributed by atoms with Crippen LogP contribution in [-0.2, 0) is 32.3 Å². The van der Waals surface area contributed by atoms with Gasteiger partial charge in [-0.2, -0.15) is 0 Å². The maximum atomic E-state index is 12.2. The Morgan fingerprint density at radius 3 is 1.93 bits per heavy atom. The summed E-state index contributed by atoms with van der Waals surface area (Å²) in [6.45, 7) is 1.05. The third-order valence-corrected chi connectivity index (χ3v) is 3.90. The van der Waals surface area contributed by atoms with Crippen molar-refractivity contribution in [3.05, 3.63) is 71.8 Å². The SMILES string of the molecule is CC(O)[C@H](NC(=O)OCc1ccccc1)C(=O)NCC(=O)OCc1ccccc1. The third kappa shape index (κ3) is 8.02. The number of hydrogen-bond donors (Lipinski definition) is 3. The van der Waals surface area contributed by atoms with Crippen molar-refractivity contribution >= 4 is 18.0 Å². The number of alkyl carbamates (subject to hydrolysis) is 1. The Morgan fingerprint density at radius 2 is 1.41 bits per heavy atom. The molecule has 0 saturated heterocycles. The summed E-state index contributed by atoms with van der Waals surface area (Å²) in [5.41, 5.74) is 1.60. The van der Waals surface area contributed by atoms with E-state index in [4.69, 9.17) is 9.47 Å². The molecule has 0 heterocycles. The molecule has 8 heteroatoms. The van der Waals surface area contributed by atoms with Gasteiger partial charge in [0.25, 0.3) is 0 Å². The van der Waals surface area contributed by atoms with Gasteiger partial charge in [0.05, 0.1) is 6.10 Å². The van der Waals surface area contributed by atoms with Crippen LogP contribution in [0.5, 0.6) is 0 Å². The molecule has 0 aliphatic heterocycles. The van der Waals surface area contributed by atoms with Crippen molar-refractivity contribution in [3.63, 3.8) is 0 Å². The first kappa shape index (κ1) is 21.9. The molecule has 2 atom stereocenters. The maximum Gasteiger partial charge on any atom is 0.408 e. The first-order valence-electron chi connectivity index (χ1n) is 9.08. The Kier molecular flexibility index (Phi) is 8.65. The number of carbonyl (C=O) groups is 3. The molecule has 0 aliphatic carbocycles. The molecule has 0 saturated carbocycles. The molecule has 0 fully saturated rings. The maximum absolute atomic E-state index is 12.2. The number of esters is 1. The highest BCUT2D eigenvalue weighted by Gasteiger charge is 2.26. The van der Waals surface area contributed by atoms with Gasteiger partial charge in [-0.1, -0.05) is 60.7 Å². The van der Waals surface area contributed by atoms with Crippen LogP contribution >= 0.6 is 0 Å². The minimum absolute atomic E-state index is 0.0205. The van der Waals surface area contributed by atoms with E-state index in [0.29, 0.717) is 0 Å².